The molecule has 0 nitrogen and oxygen atoms in total. The quantitative estimate of drug-likeness (QED) is 0.452. The molecule has 0 rings (SSSR count). The molecular weight excluding hydrogens is 204 g/mol. The van der Waals surface area contributed by atoms with Crippen LogP contribution >= 0.6 is 11.6 Å². The van der Waals surface area contributed by atoms with E-state index >= 15 is 0 Å². The van der Waals surface area contributed by atoms with E-state index in [1.165, 1.54) is 44.9 Å². The van der Waals surface area contributed by atoms with Crippen LogP contribution in [0.25, 0.3) is 0 Å². The molecule has 0 aromatic rings. The molecule has 2 atom stereocenters. The van der Waals surface area contributed by atoms with Gasteiger partial charge < -0.3 is 0 Å². The molecule has 0 amide bonds. The molecule has 2 unspecified atom stereocenters. The lowest BCUT2D eigenvalue weighted by molar-refractivity contribution is 0.395. The van der Waals surface area contributed by atoms with Crippen LogP contribution in [-0.4, -0.2) is 5.38 Å². The van der Waals surface area contributed by atoms with Gasteiger partial charge in [-0.1, -0.05) is 66.2 Å². The Morgan fingerprint density at radius 3 is 2.00 bits per heavy atom. The van der Waals surface area contributed by atoms with Crippen LogP contribution in [0.15, 0.2) is 0 Å². The highest BCUT2D eigenvalue weighted by molar-refractivity contribution is 6.20. The number of hydrogen-bond donors (Lipinski definition) is 0. The molecule has 92 valence electrons. The highest BCUT2D eigenvalue weighted by atomic mass is 35.5. The fraction of sp³-hybridized carbons (Fsp3) is 1.00. The molecule has 1 heteroatoms. The number of alkyl halides is 1. The van der Waals surface area contributed by atoms with Gasteiger partial charge in [0.25, 0.3) is 0 Å². The SMILES string of the molecule is CCCCC(CC)CCCC(Cl)C(C)C. The normalized spacial score (nSPS) is 15.6. The van der Waals surface area contributed by atoms with Crippen LogP contribution in [0.5, 0.6) is 0 Å². The predicted molar refractivity (Wildman–Crippen MR) is 71.6 cm³/mol. The van der Waals surface area contributed by atoms with Gasteiger partial charge >= 0.3 is 0 Å². The molecule has 0 aromatic carbocycles. The molecule has 0 bridgehead atoms. The van der Waals surface area contributed by atoms with Crippen LogP contribution in [0.3, 0.4) is 0 Å². The van der Waals surface area contributed by atoms with Crippen molar-refractivity contribution in [1.82, 2.24) is 0 Å². The van der Waals surface area contributed by atoms with Crippen molar-refractivity contribution >= 4 is 11.6 Å². The molecule has 0 heterocycles. The number of unbranched alkanes of at least 4 members (excludes halogenated alkanes) is 1. The Kier molecular flexibility index (Phi) is 9.70. The first kappa shape index (κ1) is 15.3. The van der Waals surface area contributed by atoms with E-state index in [0.717, 1.165) is 5.92 Å². The van der Waals surface area contributed by atoms with Crippen LogP contribution in [0.1, 0.15) is 72.6 Å². The predicted octanol–water partition coefficient (Wildman–Crippen LogP) is 5.64. The maximum Gasteiger partial charge on any atom is 0.0359 e. The van der Waals surface area contributed by atoms with Crippen molar-refractivity contribution in [3.05, 3.63) is 0 Å². The van der Waals surface area contributed by atoms with E-state index in [4.69, 9.17) is 11.6 Å². The zero-order valence-corrected chi connectivity index (χ0v) is 11.8. The minimum absolute atomic E-state index is 0.383. The maximum atomic E-state index is 6.25. The van der Waals surface area contributed by atoms with Gasteiger partial charge in [-0.3, -0.25) is 0 Å². The second-order valence-corrected chi connectivity index (χ2v) is 5.67. The van der Waals surface area contributed by atoms with Gasteiger partial charge in [-0.25, -0.2) is 0 Å². The summed E-state index contributed by atoms with van der Waals surface area (Å²) in [5.41, 5.74) is 0. The smallest absolute Gasteiger partial charge is 0.0359 e. The summed E-state index contributed by atoms with van der Waals surface area (Å²) in [6.45, 7) is 9.03. The first-order valence-electron chi connectivity index (χ1n) is 6.75. The third-order valence-electron chi connectivity index (χ3n) is 3.36. The van der Waals surface area contributed by atoms with Crippen molar-refractivity contribution in [3.63, 3.8) is 0 Å². The summed E-state index contributed by atoms with van der Waals surface area (Å²) in [6, 6.07) is 0. The summed E-state index contributed by atoms with van der Waals surface area (Å²) in [5, 5.41) is 0.383. The fourth-order valence-corrected chi connectivity index (χ4v) is 2.13. The monoisotopic (exact) mass is 232 g/mol. The lowest BCUT2D eigenvalue weighted by atomic mass is 9.92. The van der Waals surface area contributed by atoms with Gasteiger partial charge in [-0.05, 0) is 18.3 Å². The maximum absolute atomic E-state index is 6.25. The highest BCUT2D eigenvalue weighted by Crippen LogP contribution is 2.22. The summed E-state index contributed by atoms with van der Waals surface area (Å²) < 4.78 is 0. The van der Waals surface area contributed by atoms with Crippen molar-refractivity contribution in [3.8, 4) is 0 Å². The Bertz CT molecular complexity index is 131. The molecule has 0 saturated heterocycles. The van der Waals surface area contributed by atoms with Gasteiger partial charge in [0.2, 0.25) is 0 Å². The van der Waals surface area contributed by atoms with Crippen LogP contribution in [0.4, 0.5) is 0 Å². The van der Waals surface area contributed by atoms with Gasteiger partial charge in [0, 0.05) is 5.38 Å². The van der Waals surface area contributed by atoms with Gasteiger partial charge in [-0.15, -0.1) is 11.6 Å². The first-order valence-corrected chi connectivity index (χ1v) is 7.19. The van der Waals surface area contributed by atoms with E-state index in [1.807, 2.05) is 0 Å². The Morgan fingerprint density at radius 2 is 1.53 bits per heavy atom. The van der Waals surface area contributed by atoms with Gasteiger partial charge in [0.15, 0.2) is 0 Å². The van der Waals surface area contributed by atoms with Crippen molar-refractivity contribution in [2.24, 2.45) is 11.8 Å². The average molecular weight is 233 g/mol. The van der Waals surface area contributed by atoms with Crippen molar-refractivity contribution in [2.45, 2.75) is 78.0 Å². The van der Waals surface area contributed by atoms with Crippen LogP contribution in [0, 0.1) is 11.8 Å². The van der Waals surface area contributed by atoms with E-state index in [1.54, 1.807) is 0 Å². The van der Waals surface area contributed by atoms with Crippen molar-refractivity contribution < 1.29 is 0 Å². The number of hydrogen-bond acceptors (Lipinski definition) is 0. The Hall–Kier alpha value is 0.290. The molecular formula is C14H29Cl. The molecule has 0 aliphatic heterocycles. The standard InChI is InChI=1S/C14H29Cl/c1-5-7-9-13(6-2)10-8-11-14(15)12(3)4/h12-14H,5-11H2,1-4H3. The number of rotatable bonds is 9. The molecule has 0 spiro atoms. The van der Waals surface area contributed by atoms with E-state index < -0.39 is 0 Å². The zero-order chi connectivity index (χ0) is 11.7. The fourth-order valence-electron chi connectivity index (χ4n) is 1.98. The topological polar surface area (TPSA) is 0 Å². The first-order chi connectivity index (χ1) is 7.11. The summed E-state index contributed by atoms with van der Waals surface area (Å²) in [4.78, 5) is 0. The van der Waals surface area contributed by atoms with E-state index in [-0.39, 0.29) is 0 Å². The average Bonchev–Trinajstić information content (AvgIpc) is 2.22. The van der Waals surface area contributed by atoms with Gasteiger partial charge in [-0.2, -0.15) is 0 Å². The highest BCUT2D eigenvalue weighted by Gasteiger charge is 2.11. The number of halogens is 1. The van der Waals surface area contributed by atoms with Gasteiger partial charge in [0.05, 0.1) is 0 Å². The molecule has 0 N–H and O–H groups in total. The van der Waals surface area contributed by atoms with E-state index in [0.29, 0.717) is 11.3 Å². The Balaban J connectivity index is 3.53. The molecule has 0 fully saturated rings. The second-order valence-electron chi connectivity index (χ2n) is 5.11. The minimum Gasteiger partial charge on any atom is -0.123 e. The van der Waals surface area contributed by atoms with Crippen LogP contribution < -0.4 is 0 Å². The van der Waals surface area contributed by atoms with Gasteiger partial charge in [0.1, 0.15) is 0 Å². The zero-order valence-electron chi connectivity index (χ0n) is 11.1. The summed E-state index contributed by atoms with van der Waals surface area (Å²) in [6.07, 6.45) is 9.38. The minimum atomic E-state index is 0.383. The third-order valence-corrected chi connectivity index (χ3v) is 4.08. The molecule has 0 aromatic heterocycles. The van der Waals surface area contributed by atoms with Crippen LogP contribution in [0.2, 0.25) is 0 Å². The van der Waals surface area contributed by atoms with E-state index in [2.05, 4.69) is 27.7 Å². The van der Waals surface area contributed by atoms with Crippen LogP contribution in [-0.2, 0) is 0 Å². The third kappa shape index (κ3) is 8.13. The lowest BCUT2D eigenvalue weighted by Gasteiger charge is -2.17. The molecule has 15 heavy (non-hydrogen) atoms. The molecule has 0 saturated carbocycles. The van der Waals surface area contributed by atoms with Crippen molar-refractivity contribution in [1.29, 1.82) is 0 Å². The molecule has 0 aliphatic carbocycles. The second kappa shape index (κ2) is 9.51. The van der Waals surface area contributed by atoms with E-state index in [9.17, 15) is 0 Å². The Morgan fingerprint density at radius 1 is 0.933 bits per heavy atom. The summed E-state index contributed by atoms with van der Waals surface area (Å²) in [5.74, 6) is 1.57. The lowest BCUT2D eigenvalue weighted by Crippen LogP contribution is -2.08. The summed E-state index contributed by atoms with van der Waals surface area (Å²) in [7, 11) is 0. The molecule has 0 radical (unpaired) electrons. The largest absolute Gasteiger partial charge is 0.123 e. The molecule has 0 aliphatic rings. The summed E-state index contributed by atoms with van der Waals surface area (Å²) >= 11 is 6.25. The van der Waals surface area contributed by atoms with Crippen molar-refractivity contribution in [2.75, 3.05) is 0 Å². The Labute approximate surface area is 102 Å².